The maximum absolute atomic E-state index is 11.1. The topological polar surface area (TPSA) is 42.0 Å². The number of benzene rings is 1. The molecular formula is C11H10N2OS. The number of amides is 1. The van der Waals surface area contributed by atoms with Gasteiger partial charge in [0.15, 0.2) is 0 Å². The quantitative estimate of drug-likeness (QED) is 0.758. The first kappa shape index (κ1) is 9.98. The predicted molar refractivity (Wildman–Crippen MR) is 64.2 cm³/mol. The third kappa shape index (κ3) is 2.27. The molecule has 0 unspecified atom stereocenters. The zero-order valence-electron chi connectivity index (χ0n) is 7.97. The fraction of sp³-hybridized carbons (Fsp3) is 0.0909. The summed E-state index contributed by atoms with van der Waals surface area (Å²) in [5.74, 6) is 0.572. The van der Waals surface area contributed by atoms with Crippen LogP contribution < -0.4 is 5.32 Å². The van der Waals surface area contributed by atoms with Gasteiger partial charge in [-0.1, -0.05) is 18.2 Å². The Morgan fingerprint density at radius 3 is 2.87 bits per heavy atom. The van der Waals surface area contributed by atoms with Gasteiger partial charge in [-0.2, -0.15) is 12.6 Å². The van der Waals surface area contributed by atoms with Crippen LogP contribution in [0.5, 0.6) is 0 Å². The van der Waals surface area contributed by atoms with Crippen molar-refractivity contribution in [2.24, 2.45) is 0 Å². The molecule has 0 saturated heterocycles. The lowest BCUT2D eigenvalue weighted by atomic mass is 10.2. The molecule has 2 rings (SSSR count). The van der Waals surface area contributed by atoms with E-state index in [1.807, 2.05) is 30.3 Å². The number of thiol groups is 1. The van der Waals surface area contributed by atoms with Crippen LogP contribution in [0.1, 0.15) is 0 Å². The average Bonchev–Trinajstić information content (AvgIpc) is 2.29. The Kier molecular flexibility index (Phi) is 2.87. The lowest BCUT2D eigenvalue weighted by Crippen LogP contribution is -2.13. The lowest BCUT2D eigenvalue weighted by Gasteiger charge is -2.03. The summed E-state index contributed by atoms with van der Waals surface area (Å²) in [6.45, 7) is 0. The summed E-state index contributed by atoms with van der Waals surface area (Å²) in [7, 11) is 0. The zero-order chi connectivity index (χ0) is 10.7. The highest BCUT2D eigenvalue weighted by Crippen LogP contribution is 2.14. The third-order valence-electron chi connectivity index (χ3n) is 2.01. The van der Waals surface area contributed by atoms with Gasteiger partial charge >= 0.3 is 0 Å². The maximum Gasteiger partial charge on any atom is 0.235 e. The van der Waals surface area contributed by atoms with Gasteiger partial charge in [-0.3, -0.25) is 4.79 Å². The van der Waals surface area contributed by atoms with Gasteiger partial charge in [-0.15, -0.1) is 0 Å². The van der Waals surface area contributed by atoms with Gasteiger partial charge in [0.1, 0.15) is 5.82 Å². The molecule has 0 radical (unpaired) electrons. The van der Waals surface area contributed by atoms with E-state index in [9.17, 15) is 4.79 Å². The number of para-hydroxylation sites is 1. The molecular weight excluding hydrogens is 208 g/mol. The van der Waals surface area contributed by atoms with Crippen molar-refractivity contribution in [3.05, 3.63) is 36.4 Å². The van der Waals surface area contributed by atoms with Crippen molar-refractivity contribution in [2.45, 2.75) is 0 Å². The lowest BCUT2D eigenvalue weighted by molar-refractivity contribution is -0.113. The Morgan fingerprint density at radius 1 is 1.27 bits per heavy atom. The number of hydrogen-bond acceptors (Lipinski definition) is 3. The minimum atomic E-state index is -0.152. The van der Waals surface area contributed by atoms with Crippen LogP contribution in [0.3, 0.4) is 0 Å². The first-order chi connectivity index (χ1) is 7.29. The number of carbonyl (C=O) groups is 1. The molecule has 0 aliphatic heterocycles. The molecule has 1 amide bonds. The van der Waals surface area contributed by atoms with Gasteiger partial charge in [0, 0.05) is 5.39 Å². The number of carbonyl (C=O) groups excluding carboxylic acids is 1. The molecule has 0 spiro atoms. The molecule has 1 aromatic heterocycles. The number of nitrogens with zero attached hydrogens (tertiary/aromatic N) is 1. The molecule has 0 aliphatic rings. The van der Waals surface area contributed by atoms with Crippen LogP contribution in [0.4, 0.5) is 5.82 Å². The van der Waals surface area contributed by atoms with Crippen LogP contribution in [0, 0.1) is 0 Å². The molecule has 15 heavy (non-hydrogen) atoms. The van der Waals surface area contributed by atoms with E-state index in [0.717, 1.165) is 10.9 Å². The molecule has 1 N–H and O–H groups in total. The molecule has 1 aromatic carbocycles. The predicted octanol–water partition coefficient (Wildman–Crippen LogP) is 2.10. The van der Waals surface area contributed by atoms with Gasteiger partial charge in [0.05, 0.1) is 11.3 Å². The molecule has 0 fully saturated rings. The number of aromatic nitrogens is 1. The number of hydrogen-bond donors (Lipinski definition) is 2. The molecule has 0 aliphatic carbocycles. The largest absolute Gasteiger partial charge is 0.310 e. The van der Waals surface area contributed by atoms with Crippen molar-refractivity contribution in [3.63, 3.8) is 0 Å². The summed E-state index contributed by atoms with van der Waals surface area (Å²) in [4.78, 5) is 15.4. The van der Waals surface area contributed by atoms with Gasteiger partial charge in [0.2, 0.25) is 5.91 Å². The Hall–Kier alpha value is -1.55. The highest BCUT2D eigenvalue weighted by Gasteiger charge is 2.01. The molecule has 76 valence electrons. The third-order valence-corrected chi connectivity index (χ3v) is 2.30. The van der Waals surface area contributed by atoms with Crippen molar-refractivity contribution in [2.75, 3.05) is 11.1 Å². The second-order valence-electron chi connectivity index (χ2n) is 3.10. The van der Waals surface area contributed by atoms with Crippen LogP contribution >= 0.6 is 12.6 Å². The molecule has 4 heteroatoms. The van der Waals surface area contributed by atoms with Crippen molar-refractivity contribution in [3.8, 4) is 0 Å². The first-order valence-corrected chi connectivity index (χ1v) is 5.19. The van der Waals surface area contributed by atoms with Crippen molar-refractivity contribution in [1.82, 2.24) is 4.98 Å². The van der Waals surface area contributed by atoms with E-state index < -0.39 is 0 Å². The van der Waals surface area contributed by atoms with Gasteiger partial charge < -0.3 is 5.32 Å². The van der Waals surface area contributed by atoms with Crippen molar-refractivity contribution in [1.29, 1.82) is 0 Å². The molecule has 0 bridgehead atoms. The van der Waals surface area contributed by atoms with Gasteiger partial charge in [-0.25, -0.2) is 4.98 Å². The van der Waals surface area contributed by atoms with Crippen LogP contribution in [0.25, 0.3) is 10.9 Å². The summed E-state index contributed by atoms with van der Waals surface area (Å²) in [5, 5.41) is 3.71. The minimum absolute atomic E-state index is 0.152. The number of rotatable bonds is 2. The summed E-state index contributed by atoms with van der Waals surface area (Å²) in [5.41, 5.74) is 0.870. The fourth-order valence-electron chi connectivity index (χ4n) is 1.32. The fourth-order valence-corrected chi connectivity index (χ4v) is 1.40. The Balaban J connectivity index is 2.34. The summed E-state index contributed by atoms with van der Waals surface area (Å²) < 4.78 is 0. The zero-order valence-corrected chi connectivity index (χ0v) is 8.87. The SMILES string of the molecule is O=C(CS)Nc1ccc2ccccc2n1. The van der Waals surface area contributed by atoms with E-state index in [0.29, 0.717) is 5.82 Å². The van der Waals surface area contributed by atoms with Crippen LogP contribution in [-0.4, -0.2) is 16.6 Å². The van der Waals surface area contributed by atoms with Gasteiger partial charge in [-0.05, 0) is 18.2 Å². The van der Waals surface area contributed by atoms with E-state index in [1.54, 1.807) is 6.07 Å². The van der Waals surface area contributed by atoms with Gasteiger partial charge in [0.25, 0.3) is 0 Å². The highest BCUT2D eigenvalue weighted by atomic mass is 32.1. The smallest absolute Gasteiger partial charge is 0.235 e. The molecule has 3 nitrogen and oxygen atoms in total. The summed E-state index contributed by atoms with van der Waals surface area (Å²) in [6, 6.07) is 11.5. The van der Waals surface area contributed by atoms with Crippen molar-refractivity contribution >= 4 is 35.3 Å². The molecule has 0 atom stereocenters. The highest BCUT2D eigenvalue weighted by molar-refractivity contribution is 7.81. The normalized spacial score (nSPS) is 10.2. The number of pyridine rings is 1. The number of nitrogens with one attached hydrogen (secondary N) is 1. The Bertz CT molecular complexity index is 499. The molecule has 1 heterocycles. The first-order valence-electron chi connectivity index (χ1n) is 4.56. The maximum atomic E-state index is 11.1. The standard InChI is InChI=1S/C11H10N2OS/c14-11(7-15)13-10-6-5-8-3-1-2-4-9(8)12-10/h1-6,15H,7H2,(H,12,13,14). The van der Waals surface area contributed by atoms with E-state index in [1.165, 1.54) is 0 Å². The Labute approximate surface area is 92.9 Å². The molecule has 2 aromatic rings. The van der Waals surface area contributed by atoms with Crippen molar-refractivity contribution < 1.29 is 4.79 Å². The van der Waals surface area contributed by atoms with E-state index in [-0.39, 0.29) is 11.7 Å². The number of fused-ring (bicyclic) bond motifs is 1. The van der Waals surface area contributed by atoms with Crippen LogP contribution in [0.15, 0.2) is 36.4 Å². The van der Waals surface area contributed by atoms with Crippen LogP contribution in [-0.2, 0) is 4.79 Å². The minimum Gasteiger partial charge on any atom is -0.310 e. The van der Waals surface area contributed by atoms with E-state index in [4.69, 9.17) is 0 Å². The second-order valence-corrected chi connectivity index (χ2v) is 3.41. The summed E-state index contributed by atoms with van der Waals surface area (Å²) in [6.07, 6.45) is 0. The molecule has 0 saturated carbocycles. The second kappa shape index (κ2) is 4.31. The average molecular weight is 218 g/mol. The van der Waals surface area contributed by atoms with E-state index in [2.05, 4.69) is 22.9 Å². The number of anilines is 1. The Morgan fingerprint density at radius 2 is 2.07 bits per heavy atom. The monoisotopic (exact) mass is 218 g/mol. The summed E-state index contributed by atoms with van der Waals surface area (Å²) >= 11 is 3.88. The van der Waals surface area contributed by atoms with Crippen LogP contribution in [0.2, 0.25) is 0 Å². The van der Waals surface area contributed by atoms with E-state index >= 15 is 0 Å².